The van der Waals surface area contributed by atoms with Crippen molar-refractivity contribution in [2.24, 2.45) is 5.84 Å². The van der Waals surface area contributed by atoms with Gasteiger partial charge in [-0.05, 0) is 31.7 Å². The molecular weight excluding hydrogens is 260 g/mol. The zero-order chi connectivity index (χ0) is 14.3. The van der Waals surface area contributed by atoms with E-state index in [1.54, 1.807) is 6.92 Å². The van der Waals surface area contributed by atoms with Gasteiger partial charge in [0.05, 0.1) is 5.75 Å². The Kier molecular flexibility index (Phi) is 6.48. The summed E-state index contributed by atoms with van der Waals surface area (Å²) >= 11 is 0. The molecule has 0 spiro atoms. The van der Waals surface area contributed by atoms with Gasteiger partial charge in [-0.2, -0.15) is 0 Å². The summed E-state index contributed by atoms with van der Waals surface area (Å²) in [7, 11) is -2.87. The molecule has 0 saturated carbocycles. The second-order valence-corrected chi connectivity index (χ2v) is 7.40. The van der Waals surface area contributed by atoms with Gasteiger partial charge in [0.25, 0.3) is 0 Å². The number of aryl methyl sites for hydroxylation is 1. The van der Waals surface area contributed by atoms with Crippen molar-refractivity contribution in [3.05, 3.63) is 35.4 Å². The van der Waals surface area contributed by atoms with Gasteiger partial charge in [0.2, 0.25) is 0 Å². The van der Waals surface area contributed by atoms with Crippen LogP contribution < -0.4 is 11.3 Å². The molecule has 1 aromatic carbocycles. The molecule has 0 saturated heterocycles. The minimum Gasteiger partial charge on any atom is -0.271 e. The second-order valence-electron chi connectivity index (χ2n) is 4.93. The summed E-state index contributed by atoms with van der Waals surface area (Å²) in [4.78, 5) is 0. The Morgan fingerprint density at radius 2 is 1.89 bits per heavy atom. The van der Waals surface area contributed by atoms with Gasteiger partial charge in [-0.3, -0.25) is 11.3 Å². The molecule has 1 atom stereocenters. The van der Waals surface area contributed by atoms with Gasteiger partial charge >= 0.3 is 0 Å². The number of nitrogens with two attached hydrogens (primary N) is 1. The van der Waals surface area contributed by atoms with Crippen LogP contribution in [0.3, 0.4) is 0 Å². The van der Waals surface area contributed by atoms with E-state index < -0.39 is 9.84 Å². The van der Waals surface area contributed by atoms with Crippen molar-refractivity contribution in [2.45, 2.75) is 39.2 Å². The maximum Gasteiger partial charge on any atom is 0.150 e. The third-order valence-corrected chi connectivity index (χ3v) is 5.08. The highest BCUT2D eigenvalue weighted by atomic mass is 32.2. The molecule has 1 unspecified atom stereocenters. The van der Waals surface area contributed by atoms with Crippen LogP contribution in [0.5, 0.6) is 0 Å². The fourth-order valence-corrected chi connectivity index (χ4v) is 2.84. The molecular formula is C14H24N2O2S. The van der Waals surface area contributed by atoms with Crippen LogP contribution in [0.15, 0.2) is 24.3 Å². The van der Waals surface area contributed by atoms with E-state index in [4.69, 9.17) is 5.84 Å². The van der Waals surface area contributed by atoms with Crippen molar-refractivity contribution in [2.75, 3.05) is 11.5 Å². The minimum atomic E-state index is -2.87. The highest BCUT2D eigenvalue weighted by Crippen LogP contribution is 2.09. The van der Waals surface area contributed by atoms with E-state index in [9.17, 15) is 8.42 Å². The molecule has 0 heterocycles. The largest absolute Gasteiger partial charge is 0.271 e. The van der Waals surface area contributed by atoms with E-state index in [1.807, 2.05) is 0 Å². The van der Waals surface area contributed by atoms with Gasteiger partial charge in [-0.25, -0.2) is 8.42 Å². The first kappa shape index (κ1) is 16.1. The molecule has 3 N–H and O–H groups in total. The molecule has 0 aliphatic carbocycles. The van der Waals surface area contributed by atoms with E-state index in [1.165, 1.54) is 11.1 Å². The lowest BCUT2D eigenvalue weighted by molar-refractivity contribution is 0.484. The maximum atomic E-state index is 11.4. The van der Waals surface area contributed by atoms with E-state index in [2.05, 4.69) is 36.6 Å². The molecule has 0 aliphatic heterocycles. The number of benzene rings is 1. The van der Waals surface area contributed by atoms with E-state index in [0.717, 1.165) is 12.8 Å². The number of hydrazine groups is 1. The van der Waals surface area contributed by atoms with Crippen LogP contribution in [0.4, 0.5) is 0 Å². The number of nitrogens with one attached hydrogen (secondary N) is 1. The SMILES string of the molecule is CCS(=O)(=O)CCCC(Cc1ccc(C)cc1)NN. The average molecular weight is 284 g/mol. The molecule has 0 aromatic heterocycles. The second kappa shape index (κ2) is 7.62. The van der Waals surface area contributed by atoms with Gasteiger partial charge in [0.1, 0.15) is 9.84 Å². The summed E-state index contributed by atoms with van der Waals surface area (Å²) in [5, 5.41) is 0. The standard InChI is InChI=1S/C14H24N2O2S/c1-3-19(17,18)10-4-5-14(16-15)11-13-8-6-12(2)7-9-13/h6-9,14,16H,3-5,10-11,15H2,1-2H3. The lowest BCUT2D eigenvalue weighted by atomic mass is 10.0. The number of rotatable bonds is 8. The van der Waals surface area contributed by atoms with Crippen LogP contribution in [-0.4, -0.2) is 26.0 Å². The minimum absolute atomic E-state index is 0.120. The fourth-order valence-electron chi connectivity index (χ4n) is 1.95. The molecule has 0 radical (unpaired) electrons. The van der Waals surface area contributed by atoms with Gasteiger partial charge in [-0.15, -0.1) is 0 Å². The van der Waals surface area contributed by atoms with Gasteiger partial charge in [0.15, 0.2) is 0 Å². The number of hydrogen-bond donors (Lipinski definition) is 2. The lowest BCUT2D eigenvalue weighted by Gasteiger charge is -2.16. The van der Waals surface area contributed by atoms with Gasteiger partial charge in [0, 0.05) is 11.8 Å². The number of hydrogen-bond acceptors (Lipinski definition) is 4. The first-order valence-electron chi connectivity index (χ1n) is 6.69. The molecule has 0 amide bonds. The molecule has 108 valence electrons. The van der Waals surface area contributed by atoms with Gasteiger partial charge < -0.3 is 0 Å². The highest BCUT2D eigenvalue weighted by molar-refractivity contribution is 7.91. The average Bonchev–Trinajstić information content (AvgIpc) is 2.40. The third-order valence-electron chi connectivity index (χ3n) is 3.29. The Bertz CT molecular complexity index is 469. The summed E-state index contributed by atoms with van der Waals surface area (Å²) in [5.41, 5.74) is 5.22. The Morgan fingerprint density at radius 3 is 2.42 bits per heavy atom. The topological polar surface area (TPSA) is 72.2 Å². The summed E-state index contributed by atoms with van der Waals surface area (Å²) < 4.78 is 22.8. The quantitative estimate of drug-likeness (QED) is 0.561. The molecule has 1 aromatic rings. The fraction of sp³-hybridized carbons (Fsp3) is 0.571. The van der Waals surface area contributed by atoms with Gasteiger partial charge in [-0.1, -0.05) is 36.8 Å². The van der Waals surface area contributed by atoms with Crippen molar-refractivity contribution >= 4 is 9.84 Å². The van der Waals surface area contributed by atoms with Crippen molar-refractivity contribution in [3.8, 4) is 0 Å². The van der Waals surface area contributed by atoms with Crippen molar-refractivity contribution in [1.29, 1.82) is 0 Å². The molecule has 0 aliphatic rings. The lowest BCUT2D eigenvalue weighted by Crippen LogP contribution is -2.37. The molecule has 5 heteroatoms. The first-order valence-corrected chi connectivity index (χ1v) is 8.51. The maximum absolute atomic E-state index is 11.4. The third kappa shape index (κ3) is 6.18. The zero-order valence-electron chi connectivity index (χ0n) is 11.7. The van der Waals surface area contributed by atoms with Crippen molar-refractivity contribution in [1.82, 2.24) is 5.43 Å². The summed E-state index contributed by atoms with van der Waals surface area (Å²) in [6, 6.07) is 8.44. The van der Waals surface area contributed by atoms with Crippen LogP contribution in [0, 0.1) is 6.92 Å². The number of sulfone groups is 1. The van der Waals surface area contributed by atoms with Crippen molar-refractivity contribution in [3.63, 3.8) is 0 Å². The Morgan fingerprint density at radius 1 is 1.26 bits per heavy atom. The van der Waals surface area contributed by atoms with Crippen LogP contribution >= 0.6 is 0 Å². The summed E-state index contributed by atoms with van der Waals surface area (Å²) in [6.07, 6.45) is 2.24. The Balaban J connectivity index is 2.44. The molecule has 0 fully saturated rings. The first-order chi connectivity index (χ1) is 8.96. The molecule has 19 heavy (non-hydrogen) atoms. The van der Waals surface area contributed by atoms with Crippen molar-refractivity contribution < 1.29 is 8.42 Å². The van der Waals surface area contributed by atoms with Crippen LogP contribution in [-0.2, 0) is 16.3 Å². The van der Waals surface area contributed by atoms with E-state index in [0.29, 0.717) is 6.42 Å². The highest BCUT2D eigenvalue weighted by Gasteiger charge is 2.11. The van der Waals surface area contributed by atoms with E-state index in [-0.39, 0.29) is 17.5 Å². The summed E-state index contributed by atoms with van der Waals surface area (Å²) in [6.45, 7) is 3.73. The molecule has 0 bridgehead atoms. The van der Waals surface area contributed by atoms with Crippen LogP contribution in [0.2, 0.25) is 0 Å². The molecule has 1 rings (SSSR count). The Hall–Kier alpha value is -0.910. The predicted molar refractivity (Wildman–Crippen MR) is 79.6 cm³/mol. The smallest absolute Gasteiger partial charge is 0.150 e. The normalized spacial score (nSPS) is 13.4. The summed E-state index contributed by atoms with van der Waals surface area (Å²) in [5.74, 6) is 5.99. The zero-order valence-corrected chi connectivity index (χ0v) is 12.5. The molecule has 4 nitrogen and oxygen atoms in total. The predicted octanol–water partition coefficient (Wildman–Crippen LogP) is 1.58. The van der Waals surface area contributed by atoms with Crippen LogP contribution in [0.25, 0.3) is 0 Å². The Labute approximate surface area is 116 Å². The van der Waals surface area contributed by atoms with Crippen LogP contribution in [0.1, 0.15) is 30.9 Å². The van der Waals surface area contributed by atoms with E-state index >= 15 is 0 Å². The monoisotopic (exact) mass is 284 g/mol.